The number of aromatic nitrogens is 1. The molecule has 0 bridgehead atoms. The first-order valence-electron chi connectivity index (χ1n) is 6.26. The third kappa shape index (κ3) is 3.72. The molecule has 0 aliphatic heterocycles. The fourth-order valence-corrected chi connectivity index (χ4v) is 3.03. The molecule has 112 valence electrons. The lowest BCUT2D eigenvalue weighted by Gasteiger charge is -2.10. The average molecular weight is 326 g/mol. The van der Waals surface area contributed by atoms with E-state index in [1.54, 1.807) is 13.1 Å². The van der Waals surface area contributed by atoms with Crippen molar-refractivity contribution in [3.8, 4) is 0 Å². The number of nitrogen functional groups attached to an aromatic ring is 1. The highest BCUT2D eigenvalue weighted by Crippen LogP contribution is 2.26. The number of aryl methyl sites for hydroxylation is 2. The van der Waals surface area contributed by atoms with E-state index >= 15 is 0 Å². The molecule has 0 aliphatic rings. The van der Waals surface area contributed by atoms with Gasteiger partial charge in [0, 0.05) is 18.4 Å². The van der Waals surface area contributed by atoms with Crippen LogP contribution in [0.15, 0.2) is 35.4 Å². The summed E-state index contributed by atoms with van der Waals surface area (Å²) in [5.74, 6) is 0. The van der Waals surface area contributed by atoms with Crippen molar-refractivity contribution < 1.29 is 8.42 Å². The second kappa shape index (κ2) is 6.01. The van der Waals surface area contributed by atoms with Gasteiger partial charge in [0.05, 0.1) is 15.6 Å². The number of hydrogen-bond acceptors (Lipinski definition) is 4. The Morgan fingerprint density at radius 3 is 2.57 bits per heavy atom. The van der Waals surface area contributed by atoms with E-state index in [1.807, 2.05) is 19.1 Å². The molecule has 2 rings (SSSR count). The fourth-order valence-electron chi connectivity index (χ4n) is 1.78. The second-order valence-electron chi connectivity index (χ2n) is 4.78. The van der Waals surface area contributed by atoms with Gasteiger partial charge < -0.3 is 5.73 Å². The van der Waals surface area contributed by atoms with Crippen molar-refractivity contribution in [3.63, 3.8) is 0 Å². The standard InChI is InChI=1S/C14H16ClN3O2S/c1-9-5-12(6-13(16)14(9)15)21(19,20)18-8-11-4-3-10(2)17-7-11/h3-7,18H,8,16H2,1-2H3. The number of anilines is 1. The van der Waals surface area contributed by atoms with Gasteiger partial charge in [0.1, 0.15) is 0 Å². The van der Waals surface area contributed by atoms with Crippen molar-refractivity contribution in [2.45, 2.75) is 25.3 Å². The topological polar surface area (TPSA) is 85.1 Å². The van der Waals surface area contributed by atoms with Crippen LogP contribution in [0.4, 0.5) is 5.69 Å². The van der Waals surface area contributed by atoms with Crippen LogP contribution < -0.4 is 10.5 Å². The third-order valence-electron chi connectivity index (χ3n) is 3.01. The van der Waals surface area contributed by atoms with E-state index in [9.17, 15) is 8.42 Å². The summed E-state index contributed by atoms with van der Waals surface area (Å²) < 4.78 is 27.0. The molecular formula is C14H16ClN3O2S. The number of hydrogen-bond donors (Lipinski definition) is 2. The molecule has 21 heavy (non-hydrogen) atoms. The summed E-state index contributed by atoms with van der Waals surface area (Å²) in [5, 5.41) is 0.372. The first-order valence-corrected chi connectivity index (χ1v) is 8.12. The minimum absolute atomic E-state index is 0.0990. The Bertz CT molecular complexity index is 735. The zero-order valence-electron chi connectivity index (χ0n) is 11.7. The van der Waals surface area contributed by atoms with Gasteiger partial charge in [0.25, 0.3) is 0 Å². The number of halogens is 1. The van der Waals surface area contributed by atoms with Crippen LogP contribution in [-0.4, -0.2) is 13.4 Å². The third-order valence-corrected chi connectivity index (χ3v) is 4.90. The van der Waals surface area contributed by atoms with Crippen LogP contribution in [0.5, 0.6) is 0 Å². The second-order valence-corrected chi connectivity index (χ2v) is 6.92. The number of sulfonamides is 1. The van der Waals surface area contributed by atoms with Crippen molar-refractivity contribution in [3.05, 3.63) is 52.3 Å². The molecule has 0 amide bonds. The molecule has 5 nitrogen and oxygen atoms in total. The van der Waals surface area contributed by atoms with Crippen LogP contribution in [0.2, 0.25) is 5.02 Å². The van der Waals surface area contributed by atoms with Crippen molar-refractivity contribution in [2.75, 3.05) is 5.73 Å². The molecule has 0 aliphatic carbocycles. The molecule has 7 heteroatoms. The summed E-state index contributed by atoms with van der Waals surface area (Å²) in [4.78, 5) is 4.22. The molecule has 0 atom stereocenters. The highest BCUT2D eigenvalue weighted by Gasteiger charge is 2.16. The van der Waals surface area contributed by atoms with Gasteiger partial charge in [0.2, 0.25) is 10.0 Å². The summed E-state index contributed by atoms with van der Waals surface area (Å²) in [7, 11) is -3.65. The largest absolute Gasteiger partial charge is 0.397 e. The van der Waals surface area contributed by atoms with E-state index in [-0.39, 0.29) is 17.1 Å². The Labute approximate surface area is 129 Å². The van der Waals surface area contributed by atoms with E-state index in [0.717, 1.165) is 11.3 Å². The van der Waals surface area contributed by atoms with Crippen LogP contribution in [0.1, 0.15) is 16.8 Å². The molecule has 0 fully saturated rings. The maximum Gasteiger partial charge on any atom is 0.240 e. The van der Waals surface area contributed by atoms with E-state index in [0.29, 0.717) is 10.6 Å². The number of rotatable bonds is 4. The van der Waals surface area contributed by atoms with Gasteiger partial charge in [0.15, 0.2) is 0 Å². The lowest BCUT2D eigenvalue weighted by Crippen LogP contribution is -2.23. The molecular weight excluding hydrogens is 310 g/mol. The summed E-state index contributed by atoms with van der Waals surface area (Å²) in [6.07, 6.45) is 1.64. The first-order chi connectivity index (χ1) is 9.79. The van der Waals surface area contributed by atoms with E-state index in [4.69, 9.17) is 17.3 Å². The van der Waals surface area contributed by atoms with Crippen LogP contribution in [0.3, 0.4) is 0 Å². The molecule has 0 saturated heterocycles. The molecule has 0 unspecified atom stereocenters. The quantitative estimate of drug-likeness (QED) is 0.845. The van der Waals surface area contributed by atoms with Gasteiger partial charge in [-0.3, -0.25) is 4.98 Å². The van der Waals surface area contributed by atoms with Crippen LogP contribution in [0, 0.1) is 13.8 Å². The summed E-state index contributed by atoms with van der Waals surface area (Å²) in [5.41, 5.74) is 8.23. The van der Waals surface area contributed by atoms with Crippen molar-refractivity contribution in [1.29, 1.82) is 0 Å². The number of pyridine rings is 1. The monoisotopic (exact) mass is 325 g/mol. The van der Waals surface area contributed by atoms with Crippen LogP contribution in [-0.2, 0) is 16.6 Å². The Balaban J connectivity index is 2.20. The minimum Gasteiger partial charge on any atom is -0.397 e. The minimum atomic E-state index is -3.65. The predicted octanol–water partition coefficient (Wildman–Crippen LogP) is 2.41. The van der Waals surface area contributed by atoms with Crippen molar-refractivity contribution in [1.82, 2.24) is 9.71 Å². The summed E-state index contributed by atoms with van der Waals surface area (Å²) in [6.45, 7) is 3.74. The van der Waals surface area contributed by atoms with Gasteiger partial charge in [-0.25, -0.2) is 13.1 Å². The van der Waals surface area contributed by atoms with Crippen molar-refractivity contribution in [2.24, 2.45) is 0 Å². The molecule has 0 saturated carbocycles. The lowest BCUT2D eigenvalue weighted by molar-refractivity contribution is 0.581. The average Bonchev–Trinajstić information content (AvgIpc) is 2.43. The van der Waals surface area contributed by atoms with E-state index in [1.165, 1.54) is 12.1 Å². The molecule has 1 aromatic carbocycles. The Morgan fingerprint density at radius 2 is 2.00 bits per heavy atom. The zero-order chi connectivity index (χ0) is 15.6. The van der Waals surface area contributed by atoms with Crippen LogP contribution >= 0.6 is 11.6 Å². The fraction of sp³-hybridized carbons (Fsp3) is 0.214. The smallest absolute Gasteiger partial charge is 0.240 e. The number of nitrogens with zero attached hydrogens (tertiary/aromatic N) is 1. The summed E-state index contributed by atoms with van der Waals surface area (Å²) in [6, 6.07) is 6.50. The van der Waals surface area contributed by atoms with E-state index < -0.39 is 10.0 Å². The number of nitrogens with one attached hydrogen (secondary N) is 1. The van der Waals surface area contributed by atoms with Crippen molar-refractivity contribution >= 4 is 27.3 Å². The zero-order valence-corrected chi connectivity index (χ0v) is 13.3. The molecule has 0 radical (unpaired) electrons. The Morgan fingerprint density at radius 1 is 1.29 bits per heavy atom. The molecule has 1 heterocycles. The number of nitrogens with two attached hydrogens (primary N) is 1. The maximum atomic E-state index is 12.3. The Kier molecular flexibility index (Phi) is 4.51. The number of benzene rings is 1. The summed E-state index contributed by atoms with van der Waals surface area (Å²) >= 11 is 5.94. The normalized spacial score (nSPS) is 11.6. The highest BCUT2D eigenvalue weighted by atomic mass is 35.5. The van der Waals surface area contributed by atoms with Gasteiger partial charge in [-0.1, -0.05) is 17.7 Å². The SMILES string of the molecule is Cc1ccc(CNS(=O)(=O)c2cc(C)c(Cl)c(N)c2)cn1. The van der Waals surface area contributed by atoms with Gasteiger partial charge in [-0.05, 0) is 43.2 Å². The highest BCUT2D eigenvalue weighted by molar-refractivity contribution is 7.89. The molecule has 0 spiro atoms. The lowest BCUT2D eigenvalue weighted by atomic mass is 10.2. The maximum absolute atomic E-state index is 12.3. The van der Waals surface area contributed by atoms with Gasteiger partial charge >= 0.3 is 0 Å². The van der Waals surface area contributed by atoms with Gasteiger partial charge in [-0.2, -0.15) is 0 Å². The molecule has 1 aromatic heterocycles. The van der Waals surface area contributed by atoms with E-state index in [2.05, 4.69) is 9.71 Å². The predicted molar refractivity (Wildman–Crippen MR) is 83.6 cm³/mol. The Hall–Kier alpha value is -1.63. The first kappa shape index (κ1) is 15.8. The molecule has 2 aromatic rings. The molecule has 3 N–H and O–H groups in total. The van der Waals surface area contributed by atoms with Gasteiger partial charge in [-0.15, -0.1) is 0 Å². The van der Waals surface area contributed by atoms with Crippen LogP contribution in [0.25, 0.3) is 0 Å².